The first-order valence-corrected chi connectivity index (χ1v) is 7.62. The second-order valence-electron chi connectivity index (χ2n) is 5.98. The third kappa shape index (κ3) is 2.48. The van der Waals surface area contributed by atoms with Crippen LogP contribution in [0, 0.1) is 17.6 Å². The Morgan fingerprint density at radius 1 is 1.00 bits per heavy atom. The van der Waals surface area contributed by atoms with Crippen LogP contribution in [0.4, 0.5) is 8.78 Å². The summed E-state index contributed by atoms with van der Waals surface area (Å²) in [4.78, 5) is 41.5. The van der Waals surface area contributed by atoms with Crippen LogP contribution in [0.5, 0.6) is 0 Å². The summed E-state index contributed by atoms with van der Waals surface area (Å²) in [6.45, 7) is 0. The Balaban J connectivity index is 1.46. The number of hydrogen-bond acceptors (Lipinski definition) is 4. The minimum Gasteiger partial charge on any atom is -0.329 e. The fourth-order valence-corrected chi connectivity index (χ4v) is 2.97. The maximum atomic E-state index is 13.3. The molecule has 2 amide bonds. The highest BCUT2D eigenvalue weighted by Crippen LogP contribution is 2.48. The smallest absolute Gasteiger partial charge is 0.329 e. The van der Waals surface area contributed by atoms with Crippen molar-refractivity contribution in [3.05, 3.63) is 70.8 Å². The Labute approximate surface area is 140 Å². The second-order valence-corrected chi connectivity index (χ2v) is 5.98. The number of nitrogens with zero attached hydrogens (tertiary/aromatic N) is 1. The third-order valence-corrected chi connectivity index (χ3v) is 4.40. The summed E-state index contributed by atoms with van der Waals surface area (Å²) >= 11 is 0. The minimum absolute atomic E-state index is 0.174. The van der Waals surface area contributed by atoms with E-state index in [0.717, 1.165) is 12.1 Å². The summed E-state index contributed by atoms with van der Waals surface area (Å²) in [6.07, 6.45) is 0.382. The molecule has 2 atom stereocenters. The SMILES string of the molecule is O=C(ON1C(=O)c2ccccc2C1=O)[C@@H]1C[C@H]1c1ccc(F)c(F)c1. The van der Waals surface area contributed by atoms with E-state index in [-0.39, 0.29) is 17.0 Å². The molecule has 0 spiro atoms. The zero-order valence-electron chi connectivity index (χ0n) is 12.7. The van der Waals surface area contributed by atoms with Crippen molar-refractivity contribution >= 4 is 17.8 Å². The molecule has 1 aliphatic carbocycles. The zero-order valence-corrected chi connectivity index (χ0v) is 12.7. The molecule has 2 aromatic rings. The monoisotopic (exact) mass is 343 g/mol. The minimum atomic E-state index is -0.989. The molecular weight excluding hydrogens is 332 g/mol. The number of imide groups is 1. The molecule has 4 rings (SSSR count). The number of carbonyl (C=O) groups excluding carboxylic acids is 3. The van der Waals surface area contributed by atoms with Gasteiger partial charge in [0, 0.05) is 0 Å². The van der Waals surface area contributed by atoms with Gasteiger partial charge in [-0.25, -0.2) is 13.6 Å². The van der Waals surface area contributed by atoms with Gasteiger partial charge in [0.1, 0.15) is 0 Å². The molecule has 126 valence electrons. The van der Waals surface area contributed by atoms with Gasteiger partial charge in [-0.05, 0) is 42.2 Å². The van der Waals surface area contributed by atoms with Gasteiger partial charge >= 0.3 is 5.97 Å². The summed E-state index contributed by atoms with van der Waals surface area (Å²) < 4.78 is 26.3. The summed E-state index contributed by atoms with van der Waals surface area (Å²) in [5, 5.41) is 0.452. The summed E-state index contributed by atoms with van der Waals surface area (Å²) in [6, 6.07) is 9.60. The number of hydroxylamine groups is 2. The molecule has 1 saturated carbocycles. The first-order valence-electron chi connectivity index (χ1n) is 7.62. The lowest BCUT2D eigenvalue weighted by Crippen LogP contribution is -2.33. The van der Waals surface area contributed by atoms with Crippen LogP contribution in [0.3, 0.4) is 0 Å². The molecule has 0 saturated heterocycles. The van der Waals surface area contributed by atoms with Crippen LogP contribution in [0.1, 0.15) is 38.6 Å². The van der Waals surface area contributed by atoms with Crippen LogP contribution < -0.4 is 0 Å². The van der Waals surface area contributed by atoms with E-state index in [1.807, 2.05) is 0 Å². The molecule has 25 heavy (non-hydrogen) atoms. The second kappa shape index (κ2) is 5.47. The molecule has 2 aliphatic rings. The number of amides is 2. The van der Waals surface area contributed by atoms with Gasteiger partial charge in [0.15, 0.2) is 11.6 Å². The van der Waals surface area contributed by atoms with Crippen LogP contribution in [-0.4, -0.2) is 22.8 Å². The summed E-state index contributed by atoms with van der Waals surface area (Å²) in [5.74, 6) is -5.01. The molecule has 0 radical (unpaired) electrons. The molecular formula is C18H11F2NO4. The third-order valence-electron chi connectivity index (χ3n) is 4.40. The van der Waals surface area contributed by atoms with Crippen molar-refractivity contribution in [3.8, 4) is 0 Å². The molecule has 1 heterocycles. The van der Waals surface area contributed by atoms with Crippen LogP contribution in [0.15, 0.2) is 42.5 Å². The molecule has 1 aliphatic heterocycles. The van der Waals surface area contributed by atoms with Crippen molar-refractivity contribution in [2.75, 3.05) is 0 Å². The van der Waals surface area contributed by atoms with Crippen molar-refractivity contribution in [1.29, 1.82) is 0 Å². The fraction of sp³-hybridized carbons (Fsp3) is 0.167. The molecule has 2 aromatic carbocycles. The van der Waals surface area contributed by atoms with Gasteiger partial charge in [0.25, 0.3) is 11.8 Å². The van der Waals surface area contributed by atoms with Gasteiger partial charge in [-0.1, -0.05) is 23.3 Å². The van der Waals surface area contributed by atoms with Gasteiger partial charge < -0.3 is 4.84 Å². The standard InChI is InChI=1S/C18H11F2NO4/c19-14-6-5-9(7-15(14)20)12-8-13(12)18(24)25-21-16(22)10-3-1-2-4-11(10)17(21)23/h1-7,12-13H,8H2/t12-,13+/m0/s1. The topological polar surface area (TPSA) is 63.7 Å². The van der Waals surface area contributed by atoms with Crippen LogP contribution in [0.25, 0.3) is 0 Å². The number of benzene rings is 2. The van der Waals surface area contributed by atoms with Crippen molar-refractivity contribution in [1.82, 2.24) is 5.06 Å². The van der Waals surface area contributed by atoms with Gasteiger partial charge in [0.05, 0.1) is 17.0 Å². The quantitative estimate of drug-likeness (QED) is 0.804. The molecule has 5 nitrogen and oxygen atoms in total. The Morgan fingerprint density at radius 2 is 1.64 bits per heavy atom. The normalized spacial score (nSPS) is 21.3. The molecule has 0 aromatic heterocycles. The van der Waals surface area contributed by atoms with E-state index in [0.29, 0.717) is 17.0 Å². The van der Waals surface area contributed by atoms with Crippen LogP contribution in [-0.2, 0) is 9.63 Å². The Bertz CT molecular complexity index is 892. The summed E-state index contributed by atoms with van der Waals surface area (Å²) in [5.41, 5.74) is 0.824. The van der Waals surface area contributed by atoms with Gasteiger partial charge in [-0.3, -0.25) is 9.59 Å². The van der Waals surface area contributed by atoms with E-state index in [1.54, 1.807) is 12.1 Å². The first kappa shape index (κ1) is 15.4. The van der Waals surface area contributed by atoms with E-state index in [9.17, 15) is 23.2 Å². The van der Waals surface area contributed by atoms with Gasteiger partial charge in [-0.15, -0.1) is 0 Å². The number of carbonyl (C=O) groups is 3. The average Bonchev–Trinajstić information content (AvgIpc) is 3.37. The lowest BCUT2D eigenvalue weighted by atomic mass is 10.1. The van der Waals surface area contributed by atoms with Crippen molar-refractivity contribution in [3.63, 3.8) is 0 Å². The van der Waals surface area contributed by atoms with Crippen molar-refractivity contribution in [2.24, 2.45) is 5.92 Å². The number of halogens is 2. The first-order chi connectivity index (χ1) is 12.0. The molecule has 7 heteroatoms. The maximum Gasteiger partial charge on any atom is 0.336 e. The Hall–Kier alpha value is -3.09. The highest BCUT2D eigenvalue weighted by Gasteiger charge is 2.48. The predicted molar refractivity (Wildman–Crippen MR) is 80.2 cm³/mol. The van der Waals surface area contributed by atoms with Crippen LogP contribution in [0.2, 0.25) is 0 Å². The fourth-order valence-electron chi connectivity index (χ4n) is 2.97. The predicted octanol–water partition coefficient (Wildman–Crippen LogP) is 2.82. The molecule has 1 fully saturated rings. The molecule has 0 unspecified atom stereocenters. The Kier molecular flexibility index (Phi) is 3.38. The Morgan fingerprint density at radius 3 is 2.24 bits per heavy atom. The largest absolute Gasteiger partial charge is 0.336 e. The number of hydrogen-bond donors (Lipinski definition) is 0. The lowest BCUT2D eigenvalue weighted by Gasteiger charge is -2.12. The number of rotatable bonds is 3. The van der Waals surface area contributed by atoms with Crippen LogP contribution >= 0.6 is 0 Å². The molecule has 0 N–H and O–H groups in total. The maximum absolute atomic E-state index is 13.3. The highest BCUT2D eigenvalue weighted by molar-refractivity contribution is 6.20. The van der Waals surface area contributed by atoms with Crippen molar-refractivity contribution in [2.45, 2.75) is 12.3 Å². The summed E-state index contributed by atoms with van der Waals surface area (Å²) in [7, 11) is 0. The van der Waals surface area contributed by atoms with Gasteiger partial charge in [-0.2, -0.15) is 0 Å². The van der Waals surface area contributed by atoms with Gasteiger partial charge in [0.2, 0.25) is 0 Å². The van der Waals surface area contributed by atoms with E-state index < -0.39 is 35.3 Å². The lowest BCUT2D eigenvalue weighted by molar-refractivity contribution is -0.170. The average molecular weight is 343 g/mol. The van der Waals surface area contributed by atoms with E-state index in [2.05, 4.69) is 0 Å². The van der Waals surface area contributed by atoms with Crippen molar-refractivity contribution < 1.29 is 28.0 Å². The zero-order chi connectivity index (χ0) is 17.7. The highest BCUT2D eigenvalue weighted by atomic mass is 19.2. The molecule has 0 bridgehead atoms. The number of fused-ring (bicyclic) bond motifs is 1. The van der Waals surface area contributed by atoms with E-state index in [1.165, 1.54) is 18.2 Å². The van der Waals surface area contributed by atoms with E-state index in [4.69, 9.17) is 4.84 Å². The van der Waals surface area contributed by atoms with E-state index >= 15 is 0 Å².